The van der Waals surface area contributed by atoms with Crippen molar-refractivity contribution in [3.05, 3.63) is 0 Å². The number of ether oxygens (including phenoxy) is 7. The standard InChI is InChI=1S/C19H32O9/c20-16(10-22-4-13-6-24-13)18(21)19(28-3-12-1-2-12)17(27-9-15-8-26-15)11-23-5-14-7-25-14/h12-21H,1-11H2. The van der Waals surface area contributed by atoms with Gasteiger partial charge in [-0.3, -0.25) is 0 Å². The molecule has 7 unspecified atom stereocenters. The van der Waals surface area contributed by atoms with Gasteiger partial charge in [-0.05, 0) is 18.8 Å². The van der Waals surface area contributed by atoms with Gasteiger partial charge in [0.2, 0.25) is 0 Å². The summed E-state index contributed by atoms with van der Waals surface area (Å²) in [5.74, 6) is 0.517. The molecule has 0 bridgehead atoms. The summed E-state index contributed by atoms with van der Waals surface area (Å²) in [6, 6.07) is 0. The van der Waals surface area contributed by atoms with Crippen molar-refractivity contribution < 1.29 is 43.4 Å². The Morgan fingerprint density at radius 2 is 1.32 bits per heavy atom. The number of rotatable bonds is 17. The Bertz CT molecular complexity index is 462. The monoisotopic (exact) mass is 404 g/mol. The third-order valence-electron chi connectivity index (χ3n) is 5.20. The molecule has 9 heteroatoms. The molecule has 3 saturated heterocycles. The lowest BCUT2D eigenvalue weighted by molar-refractivity contribution is -0.173. The number of aliphatic hydroxyl groups is 2. The molecule has 1 saturated carbocycles. The summed E-state index contributed by atoms with van der Waals surface area (Å²) < 4.78 is 38.6. The van der Waals surface area contributed by atoms with E-state index < -0.39 is 24.4 Å². The van der Waals surface area contributed by atoms with Crippen LogP contribution in [0.15, 0.2) is 0 Å². The molecule has 4 rings (SSSR count). The quantitative estimate of drug-likeness (QED) is 0.298. The van der Waals surface area contributed by atoms with Crippen molar-refractivity contribution in [3.8, 4) is 0 Å². The molecule has 0 radical (unpaired) electrons. The normalized spacial score (nSPS) is 32.6. The fraction of sp³-hybridized carbons (Fsp3) is 1.00. The van der Waals surface area contributed by atoms with Gasteiger partial charge in [0.05, 0.1) is 59.5 Å². The second-order valence-corrected chi connectivity index (χ2v) is 8.11. The van der Waals surface area contributed by atoms with Crippen molar-refractivity contribution in [1.29, 1.82) is 0 Å². The Hall–Kier alpha value is -0.360. The summed E-state index contributed by atoms with van der Waals surface area (Å²) in [6.45, 7) is 4.20. The summed E-state index contributed by atoms with van der Waals surface area (Å²) >= 11 is 0. The Balaban J connectivity index is 1.30. The van der Waals surface area contributed by atoms with E-state index >= 15 is 0 Å². The highest BCUT2D eigenvalue weighted by Crippen LogP contribution is 2.30. The van der Waals surface area contributed by atoms with Crippen molar-refractivity contribution in [2.75, 3.05) is 59.5 Å². The van der Waals surface area contributed by atoms with Crippen LogP contribution in [0.4, 0.5) is 0 Å². The number of aliphatic hydroxyl groups excluding tert-OH is 2. The minimum Gasteiger partial charge on any atom is -0.388 e. The van der Waals surface area contributed by atoms with Crippen LogP contribution in [0.5, 0.6) is 0 Å². The van der Waals surface area contributed by atoms with E-state index in [1.54, 1.807) is 0 Å². The van der Waals surface area contributed by atoms with Crippen LogP contribution < -0.4 is 0 Å². The van der Waals surface area contributed by atoms with E-state index in [-0.39, 0.29) is 31.5 Å². The number of epoxide rings is 3. The van der Waals surface area contributed by atoms with Crippen LogP contribution in [0, 0.1) is 5.92 Å². The number of hydrogen-bond acceptors (Lipinski definition) is 9. The first kappa shape index (κ1) is 20.9. The summed E-state index contributed by atoms with van der Waals surface area (Å²) in [4.78, 5) is 0. The molecule has 28 heavy (non-hydrogen) atoms. The zero-order valence-electron chi connectivity index (χ0n) is 16.1. The molecule has 0 aromatic carbocycles. The van der Waals surface area contributed by atoms with Crippen molar-refractivity contribution in [3.63, 3.8) is 0 Å². The van der Waals surface area contributed by atoms with Gasteiger partial charge in [-0.1, -0.05) is 0 Å². The Morgan fingerprint density at radius 1 is 0.750 bits per heavy atom. The topological polar surface area (TPSA) is 115 Å². The highest BCUT2D eigenvalue weighted by atomic mass is 16.6. The van der Waals surface area contributed by atoms with E-state index in [1.807, 2.05) is 0 Å². The van der Waals surface area contributed by atoms with Gasteiger partial charge in [0, 0.05) is 0 Å². The average molecular weight is 404 g/mol. The molecule has 3 heterocycles. The lowest BCUT2D eigenvalue weighted by atomic mass is 10.0. The molecule has 3 aliphatic heterocycles. The van der Waals surface area contributed by atoms with Crippen LogP contribution in [0.1, 0.15) is 12.8 Å². The summed E-state index contributed by atoms with van der Waals surface area (Å²) in [7, 11) is 0. The summed E-state index contributed by atoms with van der Waals surface area (Å²) in [6.07, 6.45) is -0.858. The molecule has 1 aliphatic carbocycles. The van der Waals surface area contributed by atoms with E-state index in [2.05, 4.69) is 0 Å². The van der Waals surface area contributed by atoms with Gasteiger partial charge >= 0.3 is 0 Å². The van der Waals surface area contributed by atoms with Crippen molar-refractivity contribution in [2.45, 2.75) is 55.6 Å². The fourth-order valence-corrected chi connectivity index (χ4v) is 2.87. The maximum absolute atomic E-state index is 10.8. The minimum atomic E-state index is -1.15. The van der Waals surface area contributed by atoms with Gasteiger partial charge in [-0.25, -0.2) is 0 Å². The Labute approximate surface area is 165 Å². The summed E-state index contributed by atoms with van der Waals surface area (Å²) in [5.41, 5.74) is 0. The van der Waals surface area contributed by atoms with Crippen molar-refractivity contribution in [2.24, 2.45) is 5.92 Å². The molecule has 7 atom stereocenters. The smallest absolute Gasteiger partial charge is 0.114 e. The second kappa shape index (κ2) is 10.1. The molecule has 0 amide bonds. The highest BCUT2D eigenvalue weighted by molar-refractivity contribution is 4.86. The predicted molar refractivity (Wildman–Crippen MR) is 95.1 cm³/mol. The first-order valence-corrected chi connectivity index (χ1v) is 10.3. The van der Waals surface area contributed by atoms with Crippen molar-refractivity contribution >= 4 is 0 Å². The minimum absolute atomic E-state index is 0.0134. The van der Waals surface area contributed by atoms with E-state index in [1.165, 1.54) is 0 Å². The van der Waals surface area contributed by atoms with Crippen LogP contribution in [-0.4, -0.2) is 112 Å². The molecular weight excluding hydrogens is 372 g/mol. The second-order valence-electron chi connectivity index (χ2n) is 8.11. The zero-order valence-corrected chi connectivity index (χ0v) is 16.1. The van der Waals surface area contributed by atoms with E-state index in [4.69, 9.17) is 33.2 Å². The molecule has 4 aliphatic rings. The lowest BCUT2D eigenvalue weighted by Crippen LogP contribution is -2.51. The Kier molecular flexibility index (Phi) is 7.54. The highest BCUT2D eigenvalue weighted by Gasteiger charge is 2.38. The predicted octanol–water partition coefficient (Wildman–Crippen LogP) is -0.882. The third kappa shape index (κ3) is 7.47. The third-order valence-corrected chi connectivity index (χ3v) is 5.20. The van der Waals surface area contributed by atoms with Crippen LogP contribution in [0.25, 0.3) is 0 Å². The van der Waals surface area contributed by atoms with Gasteiger partial charge in [-0.2, -0.15) is 0 Å². The van der Waals surface area contributed by atoms with Gasteiger partial charge in [-0.15, -0.1) is 0 Å². The van der Waals surface area contributed by atoms with E-state index in [0.29, 0.717) is 52.2 Å². The van der Waals surface area contributed by atoms with Gasteiger partial charge in [0.15, 0.2) is 0 Å². The zero-order chi connectivity index (χ0) is 19.3. The van der Waals surface area contributed by atoms with E-state index in [0.717, 1.165) is 12.8 Å². The molecule has 9 nitrogen and oxygen atoms in total. The molecule has 0 aromatic rings. The maximum Gasteiger partial charge on any atom is 0.114 e. The molecular formula is C19H32O9. The largest absolute Gasteiger partial charge is 0.388 e. The van der Waals surface area contributed by atoms with Gasteiger partial charge < -0.3 is 43.4 Å². The van der Waals surface area contributed by atoms with Crippen molar-refractivity contribution in [1.82, 2.24) is 0 Å². The van der Waals surface area contributed by atoms with Crippen LogP contribution in [-0.2, 0) is 33.2 Å². The van der Waals surface area contributed by atoms with Gasteiger partial charge in [0.1, 0.15) is 42.7 Å². The fourth-order valence-electron chi connectivity index (χ4n) is 2.87. The van der Waals surface area contributed by atoms with Gasteiger partial charge in [0.25, 0.3) is 0 Å². The number of hydrogen-bond donors (Lipinski definition) is 2. The molecule has 0 spiro atoms. The summed E-state index contributed by atoms with van der Waals surface area (Å²) in [5, 5.41) is 21.2. The first-order chi connectivity index (χ1) is 13.7. The SMILES string of the molecule is OC(COCC1CO1)C(O)C(OCC1CC1)C(COCC1CO1)OCC1CO1. The molecule has 162 valence electrons. The molecule has 0 aromatic heterocycles. The van der Waals surface area contributed by atoms with Crippen LogP contribution >= 0.6 is 0 Å². The lowest BCUT2D eigenvalue weighted by Gasteiger charge is -2.33. The van der Waals surface area contributed by atoms with Crippen LogP contribution in [0.2, 0.25) is 0 Å². The maximum atomic E-state index is 10.8. The first-order valence-electron chi connectivity index (χ1n) is 10.3. The molecule has 4 fully saturated rings. The molecule has 2 N–H and O–H groups in total. The van der Waals surface area contributed by atoms with E-state index in [9.17, 15) is 10.2 Å². The average Bonchev–Trinajstić information content (AvgIpc) is 3.54. The Morgan fingerprint density at radius 3 is 1.89 bits per heavy atom. The van der Waals surface area contributed by atoms with Crippen LogP contribution in [0.3, 0.4) is 0 Å².